The molecule has 0 radical (unpaired) electrons. The molecule has 12 heteroatoms. The van der Waals surface area contributed by atoms with Crippen molar-refractivity contribution in [2.45, 2.75) is 30.8 Å². The van der Waals surface area contributed by atoms with Crippen LogP contribution in [0.3, 0.4) is 0 Å². The first-order valence-corrected chi connectivity index (χ1v) is 9.38. The van der Waals surface area contributed by atoms with Gasteiger partial charge in [0.2, 0.25) is 0 Å². The number of alkyl halides is 6. The van der Waals surface area contributed by atoms with Gasteiger partial charge in [0.25, 0.3) is 0 Å². The Morgan fingerprint density at radius 1 is 1.30 bits per heavy atom. The quantitative estimate of drug-likeness (QED) is 0.493. The summed E-state index contributed by atoms with van der Waals surface area (Å²) in [6.45, 7) is 5.03. The van der Waals surface area contributed by atoms with E-state index in [1.165, 1.54) is 18.2 Å². The molecule has 0 amide bonds. The van der Waals surface area contributed by atoms with Crippen LogP contribution in [0.25, 0.3) is 0 Å². The third-order valence-corrected chi connectivity index (χ3v) is 5.12. The third-order valence-electron chi connectivity index (χ3n) is 4.04. The van der Waals surface area contributed by atoms with Crippen molar-refractivity contribution in [1.82, 2.24) is 9.71 Å². The first-order valence-electron chi connectivity index (χ1n) is 8.23. The van der Waals surface area contributed by atoms with Crippen molar-refractivity contribution >= 4 is 11.0 Å². The number of pyridine rings is 1. The molecule has 3 N–H and O–H groups in total. The number of nitrogens with zero attached hydrogens (tertiary/aromatic N) is 1. The van der Waals surface area contributed by atoms with Gasteiger partial charge in [-0.2, -0.15) is 13.2 Å². The average molecular weight is 453 g/mol. The summed E-state index contributed by atoms with van der Waals surface area (Å²) in [5.41, 5.74) is 3.70. The van der Waals surface area contributed by atoms with Gasteiger partial charge in [-0.15, -0.1) is 13.2 Å². The van der Waals surface area contributed by atoms with E-state index in [-0.39, 0.29) is 22.7 Å². The fourth-order valence-electron chi connectivity index (χ4n) is 2.60. The van der Waals surface area contributed by atoms with E-state index in [0.717, 1.165) is 18.3 Å². The second-order valence-electron chi connectivity index (χ2n) is 6.42. The molecule has 0 fully saturated rings. The zero-order valence-corrected chi connectivity index (χ0v) is 16.3. The minimum absolute atomic E-state index is 0.0587. The van der Waals surface area contributed by atoms with Crippen LogP contribution in [0, 0.1) is 5.41 Å². The lowest BCUT2D eigenvalue weighted by atomic mass is 9.78. The van der Waals surface area contributed by atoms with Gasteiger partial charge in [-0.1, -0.05) is 31.7 Å². The molecule has 1 heterocycles. The van der Waals surface area contributed by atoms with E-state index in [2.05, 4.69) is 21.0 Å². The number of aromatic nitrogens is 1. The molecule has 0 saturated carbocycles. The van der Waals surface area contributed by atoms with Gasteiger partial charge in [-0.05, 0) is 12.1 Å². The Morgan fingerprint density at radius 3 is 2.47 bits per heavy atom. The molecule has 164 valence electrons. The molecule has 1 aromatic heterocycles. The number of hydrogen-bond acceptors (Lipinski definition) is 4. The lowest BCUT2D eigenvalue weighted by Gasteiger charge is -2.33. The highest BCUT2D eigenvalue weighted by Crippen LogP contribution is 2.41. The zero-order valence-electron chi connectivity index (χ0n) is 15.5. The predicted molar refractivity (Wildman–Crippen MR) is 97.3 cm³/mol. The molecule has 2 unspecified atom stereocenters. The summed E-state index contributed by atoms with van der Waals surface area (Å²) in [7, 11) is -2.16. The number of hydrogen-bond donors (Lipinski definition) is 2. The normalized spacial score (nSPS) is 21.4. The fourth-order valence-corrected chi connectivity index (χ4v) is 3.43. The maximum absolute atomic E-state index is 12.7. The van der Waals surface area contributed by atoms with Crippen molar-refractivity contribution in [3.05, 3.63) is 72.1 Å². The topological polar surface area (TPSA) is 77.2 Å². The Bertz CT molecular complexity index is 919. The van der Waals surface area contributed by atoms with E-state index < -0.39 is 40.4 Å². The molecular formula is C18H17F6N3O2S. The highest BCUT2D eigenvalue weighted by atomic mass is 32.2. The fraction of sp³-hybridized carbons (Fsp3) is 0.278. The third kappa shape index (κ3) is 5.88. The van der Waals surface area contributed by atoms with Crippen LogP contribution in [-0.2, 0) is 21.9 Å². The van der Waals surface area contributed by atoms with Gasteiger partial charge in [-0.3, -0.25) is 9.71 Å². The molecule has 0 bridgehead atoms. The molecule has 5 nitrogen and oxygen atoms in total. The van der Waals surface area contributed by atoms with Crippen LogP contribution in [0.15, 0.2) is 71.3 Å². The summed E-state index contributed by atoms with van der Waals surface area (Å²) in [5, 5.41) is 0. The Labute approximate surface area is 170 Å². The minimum Gasteiger partial charge on any atom is -0.410 e. The molecule has 30 heavy (non-hydrogen) atoms. The maximum atomic E-state index is 12.7. The Balaban J connectivity index is 2.37. The first-order chi connectivity index (χ1) is 13.7. The SMILES string of the molecule is C=C/C=C\C1(C)CC(OC(F)(F)F)=CC(NS(=O)c2ccc(C(F)(F)F)nc2)=C1N. The highest BCUT2D eigenvalue weighted by molar-refractivity contribution is 7.83. The molecule has 2 rings (SSSR count). The highest BCUT2D eigenvalue weighted by Gasteiger charge is 2.39. The molecule has 0 saturated heterocycles. The van der Waals surface area contributed by atoms with E-state index in [0.29, 0.717) is 6.07 Å². The largest absolute Gasteiger partial charge is 0.572 e. The summed E-state index contributed by atoms with van der Waals surface area (Å²) in [6.07, 6.45) is -3.77. The second kappa shape index (κ2) is 8.54. The lowest BCUT2D eigenvalue weighted by Crippen LogP contribution is -2.34. The Hall–Kier alpha value is -2.76. The van der Waals surface area contributed by atoms with Crippen molar-refractivity contribution in [1.29, 1.82) is 0 Å². The van der Waals surface area contributed by atoms with Crippen molar-refractivity contribution in [3.63, 3.8) is 0 Å². The van der Waals surface area contributed by atoms with E-state index in [1.807, 2.05) is 0 Å². The summed E-state index contributed by atoms with van der Waals surface area (Å²) < 4.78 is 94.8. The molecule has 0 spiro atoms. The molecule has 1 aromatic rings. The van der Waals surface area contributed by atoms with Gasteiger partial charge in [0, 0.05) is 29.8 Å². The summed E-state index contributed by atoms with van der Waals surface area (Å²) in [4.78, 5) is 3.06. The monoisotopic (exact) mass is 453 g/mol. The Morgan fingerprint density at radius 2 is 1.97 bits per heavy atom. The van der Waals surface area contributed by atoms with Crippen LogP contribution in [0.1, 0.15) is 19.0 Å². The predicted octanol–water partition coefficient (Wildman–Crippen LogP) is 4.46. The first kappa shape index (κ1) is 23.5. The number of ether oxygens (including phenoxy) is 1. The molecule has 0 aliphatic heterocycles. The average Bonchev–Trinajstić information content (AvgIpc) is 2.62. The number of allylic oxidation sites excluding steroid dienone is 5. The van der Waals surface area contributed by atoms with Crippen LogP contribution in [0.2, 0.25) is 0 Å². The van der Waals surface area contributed by atoms with E-state index >= 15 is 0 Å². The van der Waals surface area contributed by atoms with Crippen LogP contribution < -0.4 is 10.5 Å². The number of halogens is 6. The van der Waals surface area contributed by atoms with Gasteiger partial charge in [0.15, 0.2) is 11.0 Å². The Kier molecular flexibility index (Phi) is 6.70. The summed E-state index contributed by atoms with van der Waals surface area (Å²) >= 11 is 0. The van der Waals surface area contributed by atoms with Gasteiger partial charge in [0.1, 0.15) is 11.5 Å². The summed E-state index contributed by atoms with van der Waals surface area (Å²) in [5.74, 6) is -0.488. The van der Waals surface area contributed by atoms with Crippen molar-refractivity contribution < 1.29 is 35.3 Å². The maximum Gasteiger partial charge on any atom is 0.572 e. The van der Waals surface area contributed by atoms with Gasteiger partial charge in [-0.25, -0.2) is 4.21 Å². The molecule has 2 atom stereocenters. The standard InChI is InChI=1S/C18H17F6N3O2S/c1-3-4-7-16(2)9-11(29-18(22,23)24)8-13(15(16)25)27-30(28)12-5-6-14(26-10-12)17(19,20)21/h3-8,10,27H,1,9,25H2,2H3/b7-4-. The van der Waals surface area contributed by atoms with Crippen LogP contribution in [-0.4, -0.2) is 15.6 Å². The van der Waals surface area contributed by atoms with Crippen molar-refractivity contribution in [3.8, 4) is 0 Å². The van der Waals surface area contributed by atoms with Crippen LogP contribution >= 0.6 is 0 Å². The van der Waals surface area contributed by atoms with Gasteiger partial charge in [0.05, 0.1) is 10.6 Å². The minimum atomic E-state index is -4.96. The second-order valence-corrected chi connectivity index (χ2v) is 7.64. The van der Waals surface area contributed by atoms with E-state index in [4.69, 9.17) is 5.73 Å². The van der Waals surface area contributed by atoms with E-state index in [1.54, 1.807) is 6.92 Å². The summed E-state index contributed by atoms with van der Waals surface area (Å²) in [6, 6.07) is 1.57. The van der Waals surface area contributed by atoms with Crippen LogP contribution in [0.4, 0.5) is 26.3 Å². The lowest BCUT2D eigenvalue weighted by molar-refractivity contribution is -0.307. The molecule has 1 aliphatic rings. The van der Waals surface area contributed by atoms with E-state index in [9.17, 15) is 30.6 Å². The zero-order chi connectivity index (χ0) is 22.7. The molecule has 0 aromatic carbocycles. The number of rotatable bonds is 6. The molecule has 1 aliphatic carbocycles. The van der Waals surface area contributed by atoms with Gasteiger partial charge < -0.3 is 10.5 Å². The smallest absolute Gasteiger partial charge is 0.410 e. The van der Waals surface area contributed by atoms with Crippen LogP contribution in [0.5, 0.6) is 0 Å². The van der Waals surface area contributed by atoms with Crippen molar-refractivity contribution in [2.24, 2.45) is 11.1 Å². The number of nitrogens with two attached hydrogens (primary N) is 1. The van der Waals surface area contributed by atoms with Crippen molar-refractivity contribution in [2.75, 3.05) is 0 Å². The van der Waals surface area contributed by atoms with Gasteiger partial charge >= 0.3 is 12.5 Å². The number of nitrogens with one attached hydrogen (secondary N) is 1. The molecular weight excluding hydrogens is 436 g/mol.